The van der Waals surface area contributed by atoms with E-state index in [-0.39, 0.29) is 0 Å². The lowest BCUT2D eigenvalue weighted by molar-refractivity contribution is 0.250. The minimum Gasteiger partial charge on any atom is -0.330 e. The average Bonchev–Trinajstić information content (AvgIpc) is 2.69. The Bertz CT molecular complexity index is 208. The largest absolute Gasteiger partial charge is 0.330 e. The Morgan fingerprint density at radius 2 is 1.25 bits per heavy atom. The molecule has 20 heavy (non-hydrogen) atoms. The third-order valence-electron chi connectivity index (χ3n) is 4.44. The molecule has 1 aliphatic heterocycles. The molecule has 0 atom stereocenters. The smallest absolute Gasteiger partial charge is 0.0109 e. The topological polar surface area (TPSA) is 32.5 Å². The molecule has 0 spiro atoms. The first kappa shape index (κ1) is 17.9. The molecule has 0 saturated carbocycles. The van der Waals surface area contributed by atoms with Crippen molar-refractivity contribution in [3.63, 3.8) is 0 Å². The normalized spacial score (nSPS) is 18.3. The quantitative estimate of drug-likeness (QED) is 0.591. The molecule has 1 heterocycles. The average molecular weight is 284 g/mol. The second-order valence-corrected chi connectivity index (χ2v) is 6.30. The molecule has 2 N–H and O–H groups in total. The maximum atomic E-state index is 5.57. The van der Waals surface area contributed by atoms with E-state index in [1.165, 1.54) is 97.1 Å². The van der Waals surface area contributed by atoms with Gasteiger partial charge in [-0.25, -0.2) is 0 Å². The van der Waals surface area contributed by atoms with Crippen molar-refractivity contribution in [2.24, 2.45) is 5.73 Å². The van der Waals surface area contributed by atoms with Gasteiger partial charge in [0, 0.05) is 13.1 Å². The van der Waals surface area contributed by atoms with Crippen LogP contribution in [-0.4, -0.2) is 55.6 Å². The fraction of sp³-hybridized carbons (Fsp3) is 1.00. The van der Waals surface area contributed by atoms with Gasteiger partial charge >= 0.3 is 0 Å². The summed E-state index contributed by atoms with van der Waals surface area (Å²) in [7, 11) is 0. The van der Waals surface area contributed by atoms with Crippen LogP contribution in [0.3, 0.4) is 0 Å². The first-order valence-corrected chi connectivity index (χ1v) is 9.01. The molecule has 1 fully saturated rings. The lowest BCUT2D eigenvalue weighted by Gasteiger charge is -2.21. The minimum absolute atomic E-state index is 0.845. The van der Waals surface area contributed by atoms with Gasteiger partial charge in [-0.2, -0.15) is 0 Å². The van der Waals surface area contributed by atoms with E-state index in [4.69, 9.17) is 5.73 Å². The van der Waals surface area contributed by atoms with Gasteiger partial charge in [-0.15, -0.1) is 0 Å². The second-order valence-electron chi connectivity index (χ2n) is 6.30. The van der Waals surface area contributed by atoms with Gasteiger partial charge in [0.25, 0.3) is 0 Å². The fourth-order valence-electron chi connectivity index (χ4n) is 3.07. The summed E-state index contributed by atoms with van der Waals surface area (Å²) < 4.78 is 0. The maximum absolute atomic E-state index is 5.57. The van der Waals surface area contributed by atoms with Gasteiger partial charge in [-0.3, -0.25) is 0 Å². The highest BCUT2D eigenvalue weighted by Gasteiger charge is 2.13. The third-order valence-corrected chi connectivity index (χ3v) is 4.44. The summed E-state index contributed by atoms with van der Waals surface area (Å²) in [6, 6.07) is 0. The van der Waals surface area contributed by atoms with Crippen molar-refractivity contribution in [2.75, 3.05) is 45.8 Å². The van der Waals surface area contributed by atoms with Gasteiger partial charge in [0.15, 0.2) is 0 Å². The highest BCUT2D eigenvalue weighted by molar-refractivity contribution is 4.69. The molecule has 0 amide bonds. The summed E-state index contributed by atoms with van der Waals surface area (Å²) in [5.41, 5.74) is 5.57. The molecule has 1 rings (SSSR count). The monoisotopic (exact) mass is 283 g/mol. The Balaban J connectivity index is 2.01. The van der Waals surface area contributed by atoms with Crippen molar-refractivity contribution >= 4 is 0 Å². The number of unbranched alkanes of at least 4 members (excludes halogenated alkanes) is 6. The zero-order valence-corrected chi connectivity index (χ0v) is 13.8. The molecule has 0 bridgehead atoms. The van der Waals surface area contributed by atoms with Crippen LogP contribution < -0.4 is 5.73 Å². The van der Waals surface area contributed by atoms with E-state index in [1.807, 2.05) is 0 Å². The first-order chi connectivity index (χ1) is 9.86. The molecular weight excluding hydrogens is 246 g/mol. The van der Waals surface area contributed by atoms with E-state index in [0.717, 1.165) is 6.54 Å². The van der Waals surface area contributed by atoms with E-state index >= 15 is 0 Å². The Hall–Kier alpha value is -0.120. The van der Waals surface area contributed by atoms with Crippen molar-refractivity contribution < 1.29 is 0 Å². The summed E-state index contributed by atoms with van der Waals surface area (Å²) in [5, 5.41) is 0. The van der Waals surface area contributed by atoms with Gasteiger partial charge < -0.3 is 15.5 Å². The number of nitrogens with two attached hydrogens (primary N) is 1. The summed E-state index contributed by atoms with van der Waals surface area (Å²) in [6.45, 7) is 10.8. The Labute approximate surface area is 126 Å². The minimum atomic E-state index is 0.845. The number of hydrogen-bond acceptors (Lipinski definition) is 3. The van der Waals surface area contributed by atoms with E-state index in [0.29, 0.717) is 0 Å². The second kappa shape index (κ2) is 12.6. The third kappa shape index (κ3) is 8.93. The van der Waals surface area contributed by atoms with E-state index in [9.17, 15) is 0 Å². The van der Waals surface area contributed by atoms with Crippen molar-refractivity contribution in [2.45, 2.75) is 64.7 Å². The van der Waals surface area contributed by atoms with Crippen LogP contribution in [-0.2, 0) is 0 Å². The number of nitrogens with zero attached hydrogens (tertiary/aromatic N) is 2. The fourth-order valence-corrected chi connectivity index (χ4v) is 3.07. The number of rotatable bonds is 11. The summed E-state index contributed by atoms with van der Waals surface area (Å²) in [6.07, 6.45) is 12.3. The molecule has 0 aliphatic carbocycles. The lowest BCUT2D eigenvalue weighted by atomic mass is 10.1. The van der Waals surface area contributed by atoms with Crippen LogP contribution in [0.4, 0.5) is 0 Å². The molecule has 1 aliphatic rings. The van der Waals surface area contributed by atoms with E-state index in [2.05, 4.69) is 16.7 Å². The Kier molecular flexibility index (Phi) is 11.3. The van der Waals surface area contributed by atoms with Gasteiger partial charge in [0.1, 0.15) is 0 Å². The predicted octanol–water partition coefficient (Wildman–Crippen LogP) is 3.09. The van der Waals surface area contributed by atoms with Crippen LogP contribution in [0.1, 0.15) is 64.7 Å². The van der Waals surface area contributed by atoms with Gasteiger partial charge in [0.2, 0.25) is 0 Å². The SMILES string of the molecule is CCCCCCCCN1CCCN(CCCCN)CC1. The van der Waals surface area contributed by atoms with Crippen molar-refractivity contribution in [3.05, 3.63) is 0 Å². The Morgan fingerprint density at radius 3 is 1.85 bits per heavy atom. The van der Waals surface area contributed by atoms with Gasteiger partial charge in [-0.1, -0.05) is 39.0 Å². The Morgan fingerprint density at radius 1 is 0.700 bits per heavy atom. The molecule has 3 nitrogen and oxygen atoms in total. The van der Waals surface area contributed by atoms with E-state index < -0.39 is 0 Å². The zero-order valence-electron chi connectivity index (χ0n) is 13.8. The molecular formula is C17H37N3. The lowest BCUT2D eigenvalue weighted by Crippen LogP contribution is -2.32. The molecule has 0 unspecified atom stereocenters. The van der Waals surface area contributed by atoms with Gasteiger partial charge in [0.05, 0.1) is 0 Å². The van der Waals surface area contributed by atoms with Crippen LogP contribution in [0.15, 0.2) is 0 Å². The van der Waals surface area contributed by atoms with Crippen molar-refractivity contribution in [1.29, 1.82) is 0 Å². The van der Waals surface area contributed by atoms with Crippen LogP contribution in [0.25, 0.3) is 0 Å². The predicted molar refractivity (Wildman–Crippen MR) is 89.2 cm³/mol. The first-order valence-electron chi connectivity index (χ1n) is 9.01. The molecule has 120 valence electrons. The van der Waals surface area contributed by atoms with Crippen LogP contribution in [0.5, 0.6) is 0 Å². The summed E-state index contributed by atoms with van der Waals surface area (Å²) in [4.78, 5) is 5.32. The zero-order chi connectivity index (χ0) is 14.5. The molecule has 0 aromatic heterocycles. The van der Waals surface area contributed by atoms with Crippen molar-refractivity contribution in [1.82, 2.24) is 9.80 Å². The van der Waals surface area contributed by atoms with E-state index in [1.54, 1.807) is 0 Å². The maximum Gasteiger partial charge on any atom is 0.0109 e. The standard InChI is InChI=1S/C17H37N3/c1-2-3-4-5-6-8-12-19-14-10-15-20(17-16-19)13-9-7-11-18/h2-18H2,1H3. The van der Waals surface area contributed by atoms with Gasteiger partial charge in [-0.05, 0) is 58.4 Å². The van der Waals surface area contributed by atoms with Crippen LogP contribution in [0.2, 0.25) is 0 Å². The summed E-state index contributed by atoms with van der Waals surface area (Å²) >= 11 is 0. The van der Waals surface area contributed by atoms with Crippen LogP contribution in [0, 0.1) is 0 Å². The summed E-state index contributed by atoms with van der Waals surface area (Å²) in [5.74, 6) is 0. The molecule has 0 aromatic carbocycles. The molecule has 0 aromatic rings. The highest BCUT2D eigenvalue weighted by Crippen LogP contribution is 2.09. The molecule has 0 radical (unpaired) electrons. The molecule has 3 heteroatoms. The van der Waals surface area contributed by atoms with Crippen molar-refractivity contribution in [3.8, 4) is 0 Å². The highest BCUT2D eigenvalue weighted by atomic mass is 15.2. The molecule has 1 saturated heterocycles. The number of hydrogen-bond donors (Lipinski definition) is 1. The van der Waals surface area contributed by atoms with Crippen LogP contribution >= 0.6 is 0 Å².